The van der Waals surface area contributed by atoms with E-state index in [1.54, 1.807) is 24.0 Å². The fourth-order valence-electron chi connectivity index (χ4n) is 2.81. The third kappa shape index (κ3) is 1.54. The first-order valence-corrected chi connectivity index (χ1v) is 6.21. The maximum Gasteiger partial charge on any atom is 0.345 e. The second-order valence-corrected chi connectivity index (χ2v) is 4.77. The molecule has 3 amide bonds. The molecule has 106 valence electrons. The number of urea groups is 1. The molecule has 0 aliphatic carbocycles. The zero-order valence-corrected chi connectivity index (χ0v) is 11.0. The molecule has 1 fully saturated rings. The molecule has 2 aliphatic heterocycles. The summed E-state index contributed by atoms with van der Waals surface area (Å²) in [6.07, 6.45) is 3.21. The third-order valence-corrected chi connectivity index (χ3v) is 3.63. The highest BCUT2D eigenvalue weighted by Crippen LogP contribution is 2.43. The number of rotatable bonds is 4. The number of nitrogens with zero attached hydrogens (tertiary/aromatic N) is 4. The van der Waals surface area contributed by atoms with Crippen molar-refractivity contribution in [3.63, 3.8) is 0 Å². The van der Waals surface area contributed by atoms with Crippen molar-refractivity contribution >= 4 is 11.9 Å². The Morgan fingerprint density at radius 2 is 2.45 bits per heavy atom. The molecule has 8 nitrogen and oxygen atoms in total. The standard InChI is InChI=1S/C12H15N5O3/c1-3-4-20-17-8-6-16(12(17)19)10(11(13)18)9-7(8)5-14-15(9)2/h3,5,8,10H,1,4,6H2,2H3,(H2,13,18)/t8-,10-/m0/s1. The van der Waals surface area contributed by atoms with Crippen LogP contribution in [0.1, 0.15) is 23.3 Å². The summed E-state index contributed by atoms with van der Waals surface area (Å²) in [6, 6.07) is -1.45. The quantitative estimate of drug-likeness (QED) is 0.775. The van der Waals surface area contributed by atoms with E-state index in [1.807, 2.05) is 0 Å². The molecule has 3 heterocycles. The summed E-state index contributed by atoms with van der Waals surface area (Å²) in [4.78, 5) is 30.9. The van der Waals surface area contributed by atoms with Crippen molar-refractivity contribution in [2.75, 3.05) is 13.2 Å². The Hall–Kier alpha value is -2.35. The van der Waals surface area contributed by atoms with Gasteiger partial charge in [-0.3, -0.25) is 14.3 Å². The Morgan fingerprint density at radius 3 is 3.10 bits per heavy atom. The van der Waals surface area contributed by atoms with Gasteiger partial charge in [-0.1, -0.05) is 6.08 Å². The number of aryl methyl sites for hydroxylation is 1. The molecule has 0 spiro atoms. The first-order chi connectivity index (χ1) is 9.56. The van der Waals surface area contributed by atoms with Crippen LogP contribution in [0.5, 0.6) is 0 Å². The number of primary amides is 1. The van der Waals surface area contributed by atoms with Crippen molar-refractivity contribution in [3.05, 3.63) is 30.1 Å². The first-order valence-electron chi connectivity index (χ1n) is 6.21. The van der Waals surface area contributed by atoms with Gasteiger partial charge in [-0.2, -0.15) is 10.2 Å². The van der Waals surface area contributed by atoms with Crippen LogP contribution < -0.4 is 5.73 Å². The number of hydrogen-bond acceptors (Lipinski definition) is 4. The van der Waals surface area contributed by atoms with Crippen LogP contribution in [-0.2, 0) is 16.7 Å². The van der Waals surface area contributed by atoms with E-state index < -0.39 is 11.9 Å². The van der Waals surface area contributed by atoms with Gasteiger partial charge in [0.1, 0.15) is 6.04 Å². The number of nitrogens with two attached hydrogens (primary N) is 1. The molecule has 1 aromatic rings. The lowest BCUT2D eigenvalue weighted by molar-refractivity contribution is -0.123. The summed E-state index contributed by atoms with van der Waals surface area (Å²) in [5.41, 5.74) is 6.89. The Labute approximate surface area is 115 Å². The molecule has 2 aliphatic rings. The third-order valence-electron chi connectivity index (χ3n) is 3.63. The van der Waals surface area contributed by atoms with Gasteiger partial charge in [-0.25, -0.2) is 4.79 Å². The fraction of sp³-hybridized carbons (Fsp3) is 0.417. The molecular weight excluding hydrogens is 262 g/mol. The van der Waals surface area contributed by atoms with Crippen LogP contribution in [0.2, 0.25) is 0 Å². The summed E-state index contributed by atoms with van der Waals surface area (Å²) in [5, 5.41) is 5.43. The zero-order valence-electron chi connectivity index (χ0n) is 11.0. The van der Waals surface area contributed by atoms with Gasteiger partial charge in [0, 0.05) is 12.6 Å². The fourth-order valence-corrected chi connectivity index (χ4v) is 2.81. The van der Waals surface area contributed by atoms with Gasteiger partial charge < -0.3 is 10.6 Å². The van der Waals surface area contributed by atoms with E-state index in [4.69, 9.17) is 10.6 Å². The lowest BCUT2D eigenvalue weighted by Gasteiger charge is -2.28. The maximum absolute atomic E-state index is 12.3. The van der Waals surface area contributed by atoms with E-state index in [2.05, 4.69) is 11.7 Å². The first kappa shape index (κ1) is 12.7. The van der Waals surface area contributed by atoms with Crippen molar-refractivity contribution in [2.45, 2.75) is 12.1 Å². The molecule has 8 heteroatoms. The van der Waals surface area contributed by atoms with Crippen LogP contribution >= 0.6 is 0 Å². The predicted octanol–water partition coefficient (Wildman–Crippen LogP) is -0.144. The average Bonchev–Trinajstić information content (AvgIpc) is 2.91. The molecule has 0 saturated carbocycles. The monoisotopic (exact) mass is 277 g/mol. The summed E-state index contributed by atoms with van der Waals surface area (Å²) in [6.45, 7) is 4.14. The molecule has 0 unspecified atom stereocenters. The summed E-state index contributed by atoms with van der Waals surface area (Å²) in [5.74, 6) is -0.577. The molecule has 2 N–H and O–H groups in total. The molecule has 1 aromatic heterocycles. The number of fused-ring (bicyclic) bond motifs is 4. The molecule has 0 aromatic carbocycles. The topological polar surface area (TPSA) is 93.7 Å². The van der Waals surface area contributed by atoms with Crippen LogP contribution in [-0.4, -0.2) is 44.8 Å². The number of carbonyl (C=O) groups excluding carboxylic acids is 2. The average molecular weight is 277 g/mol. The highest BCUT2D eigenvalue weighted by molar-refractivity contribution is 5.89. The van der Waals surface area contributed by atoms with E-state index in [0.29, 0.717) is 12.2 Å². The minimum Gasteiger partial charge on any atom is -0.368 e. The highest BCUT2D eigenvalue weighted by atomic mass is 16.7. The van der Waals surface area contributed by atoms with Crippen LogP contribution in [0.4, 0.5) is 4.79 Å². The molecule has 2 bridgehead atoms. The zero-order chi connectivity index (χ0) is 14.4. The van der Waals surface area contributed by atoms with Crippen molar-refractivity contribution < 1.29 is 14.4 Å². The summed E-state index contributed by atoms with van der Waals surface area (Å²) >= 11 is 0. The lowest BCUT2D eigenvalue weighted by atomic mass is 9.98. The lowest BCUT2D eigenvalue weighted by Crippen LogP contribution is -2.42. The van der Waals surface area contributed by atoms with Gasteiger partial charge in [0.15, 0.2) is 6.04 Å². The van der Waals surface area contributed by atoms with Crippen LogP contribution in [0.25, 0.3) is 0 Å². The predicted molar refractivity (Wildman–Crippen MR) is 68.0 cm³/mol. The van der Waals surface area contributed by atoms with Crippen LogP contribution in [0, 0.1) is 0 Å². The number of carbonyl (C=O) groups is 2. The molecule has 20 heavy (non-hydrogen) atoms. The van der Waals surface area contributed by atoms with E-state index >= 15 is 0 Å². The van der Waals surface area contributed by atoms with Gasteiger partial charge in [-0.05, 0) is 0 Å². The minimum atomic E-state index is -0.807. The molecule has 2 atom stereocenters. The van der Waals surface area contributed by atoms with Gasteiger partial charge in [-0.15, -0.1) is 6.58 Å². The Kier molecular flexibility index (Phi) is 2.75. The minimum absolute atomic E-state index is 0.215. The van der Waals surface area contributed by atoms with Gasteiger partial charge in [0.25, 0.3) is 0 Å². The smallest absolute Gasteiger partial charge is 0.345 e. The highest BCUT2D eigenvalue weighted by Gasteiger charge is 2.52. The summed E-state index contributed by atoms with van der Waals surface area (Å²) < 4.78 is 1.58. The van der Waals surface area contributed by atoms with E-state index in [-0.39, 0.29) is 18.7 Å². The molecule has 3 rings (SSSR count). The summed E-state index contributed by atoms with van der Waals surface area (Å²) in [7, 11) is 1.72. The number of aromatic nitrogens is 2. The van der Waals surface area contributed by atoms with Crippen molar-refractivity contribution in [1.82, 2.24) is 19.7 Å². The van der Waals surface area contributed by atoms with E-state index in [9.17, 15) is 9.59 Å². The van der Waals surface area contributed by atoms with Gasteiger partial charge in [0.05, 0.1) is 25.0 Å². The SMILES string of the molecule is C=CCON1C(=O)N2C[C@H]1c1cnn(C)c1[C@H]2C(N)=O. The Bertz CT molecular complexity index is 596. The van der Waals surface area contributed by atoms with Crippen molar-refractivity contribution in [3.8, 4) is 0 Å². The molecule has 1 saturated heterocycles. The Balaban J connectivity index is 2.06. The van der Waals surface area contributed by atoms with Crippen LogP contribution in [0.15, 0.2) is 18.9 Å². The molecule has 0 radical (unpaired) electrons. The number of hydroxylamine groups is 2. The Morgan fingerprint density at radius 1 is 1.70 bits per heavy atom. The van der Waals surface area contributed by atoms with E-state index in [0.717, 1.165) is 5.56 Å². The number of amides is 3. The molecular formula is C12H15N5O3. The second kappa shape index (κ2) is 4.34. The van der Waals surface area contributed by atoms with Gasteiger partial charge in [0.2, 0.25) is 5.91 Å². The normalized spacial score (nSPS) is 23.9. The van der Waals surface area contributed by atoms with Crippen molar-refractivity contribution in [1.29, 1.82) is 0 Å². The maximum atomic E-state index is 12.3. The number of hydrogen-bond donors (Lipinski definition) is 1. The van der Waals surface area contributed by atoms with Gasteiger partial charge >= 0.3 is 6.03 Å². The van der Waals surface area contributed by atoms with Crippen LogP contribution in [0.3, 0.4) is 0 Å². The largest absolute Gasteiger partial charge is 0.368 e. The van der Waals surface area contributed by atoms with E-state index in [1.165, 1.54) is 9.96 Å². The second-order valence-electron chi connectivity index (χ2n) is 4.77. The van der Waals surface area contributed by atoms with Crippen molar-refractivity contribution in [2.24, 2.45) is 12.8 Å².